The minimum absolute atomic E-state index is 0.0226. The summed E-state index contributed by atoms with van der Waals surface area (Å²) in [7, 11) is 2.00. The predicted octanol–water partition coefficient (Wildman–Crippen LogP) is 2.40. The second-order valence-electron chi connectivity index (χ2n) is 6.00. The highest BCUT2D eigenvalue weighted by Gasteiger charge is 2.28. The van der Waals surface area contributed by atoms with E-state index in [2.05, 4.69) is 9.68 Å². The van der Waals surface area contributed by atoms with E-state index < -0.39 is 10.2 Å². The number of rotatable bonds is 5. The van der Waals surface area contributed by atoms with Gasteiger partial charge < -0.3 is 14.4 Å². The molecule has 2 rings (SSSR count). The molecule has 0 aromatic rings. The van der Waals surface area contributed by atoms with Crippen molar-refractivity contribution in [2.24, 2.45) is 0 Å². The van der Waals surface area contributed by atoms with Crippen molar-refractivity contribution in [3.05, 3.63) is 42.5 Å². The molecule has 0 saturated carbocycles. The van der Waals surface area contributed by atoms with Gasteiger partial charge in [-0.3, -0.25) is 9.59 Å². The second kappa shape index (κ2) is 12.5. The molecule has 0 radical (unpaired) electrons. The summed E-state index contributed by atoms with van der Waals surface area (Å²) in [6.07, 6.45) is 3.94. The van der Waals surface area contributed by atoms with Crippen molar-refractivity contribution in [3.8, 4) is 0 Å². The molecule has 0 bridgehead atoms. The van der Waals surface area contributed by atoms with Gasteiger partial charge in [0.15, 0.2) is 11.6 Å². The van der Waals surface area contributed by atoms with Crippen molar-refractivity contribution in [1.29, 1.82) is 0 Å². The van der Waals surface area contributed by atoms with Gasteiger partial charge in [-0.2, -0.15) is 0 Å². The van der Waals surface area contributed by atoms with Crippen molar-refractivity contribution in [2.75, 3.05) is 20.8 Å². The van der Waals surface area contributed by atoms with E-state index in [1.165, 1.54) is 0 Å². The molecule has 1 saturated heterocycles. The zero-order chi connectivity index (χ0) is 21.9. The molecular formula is C17H26N2O9. The van der Waals surface area contributed by atoms with Crippen molar-refractivity contribution in [2.45, 2.75) is 52.6 Å². The van der Waals surface area contributed by atoms with Gasteiger partial charge in [0.1, 0.15) is 0 Å². The fraction of sp³-hybridized carbons (Fsp3) is 0.647. The first-order valence-electron chi connectivity index (χ1n) is 8.51. The molecule has 1 heterocycles. The standard InChI is InChI=1S/C15H20O3.2CH3NO3/c1-9-10(2)15(17)13(11(3)14(9)16)7-6-12-5-4-8-18-12;2*1-5-2(3)4/h12H,4-8H2,1-3H3;2*1H3. The van der Waals surface area contributed by atoms with E-state index in [0.29, 0.717) is 28.7 Å². The molecule has 2 aliphatic rings. The van der Waals surface area contributed by atoms with E-state index in [1.807, 2.05) is 0 Å². The van der Waals surface area contributed by atoms with Gasteiger partial charge in [-0.1, -0.05) is 0 Å². The summed E-state index contributed by atoms with van der Waals surface area (Å²) in [6, 6.07) is 0. The van der Waals surface area contributed by atoms with Crippen LogP contribution in [0.1, 0.15) is 46.5 Å². The van der Waals surface area contributed by atoms with Gasteiger partial charge in [0.25, 0.3) is 10.2 Å². The Kier molecular flexibility index (Phi) is 11.3. The van der Waals surface area contributed by atoms with E-state index in [1.54, 1.807) is 20.8 Å². The number of hydrogen-bond donors (Lipinski definition) is 0. The lowest BCUT2D eigenvalue weighted by molar-refractivity contribution is -0.749. The van der Waals surface area contributed by atoms with Crippen LogP contribution in [-0.4, -0.2) is 48.7 Å². The Morgan fingerprint density at radius 2 is 1.43 bits per heavy atom. The maximum atomic E-state index is 12.2. The van der Waals surface area contributed by atoms with Crippen molar-refractivity contribution in [1.82, 2.24) is 0 Å². The number of carbonyl (C=O) groups is 2. The lowest BCUT2D eigenvalue weighted by atomic mass is 9.83. The lowest BCUT2D eigenvalue weighted by Crippen LogP contribution is -2.21. The third-order valence-electron chi connectivity index (χ3n) is 4.35. The highest BCUT2D eigenvalue weighted by Crippen LogP contribution is 2.28. The average molecular weight is 402 g/mol. The molecule has 0 aromatic heterocycles. The van der Waals surface area contributed by atoms with Gasteiger partial charge in [0.2, 0.25) is 0 Å². The van der Waals surface area contributed by atoms with E-state index >= 15 is 0 Å². The Hall–Kier alpha value is -2.82. The van der Waals surface area contributed by atoms with Crippen LogP contribution in [0.5, 0.6) is 0 Å². The number of allylic oxidation sites excluding steroid dienone is 4. The number of ketones is 2. The first kappa shape index (κ1) is 25.2. The van der Waals surface area contributed by atoms with Crippen molar-refractivity contribution < 1.29 is 34.2 Å². The van der Waals surface area contributed by atoms with Crippen LogP contribution in [0, 0.1) is 20.2 Å². The molecular weight excluding hydrogens is 376 g/mol. The molecule has 0 spiro atoms. The van der Waals surface area contributed by atoms with Gasteiger partial charge >= 0.3 is 0 Å². The van der Waals surface area contributed by atoms with E-state index in [-0.39, 0.29) is 17.7 Å². The third kappa shape index (κ3) is 8.25. The lowest BCUT2D eigenvalue weighted by Gasteiger charge is -2.19. The van der Waals surface area contributed by atoms with Crippen LogP contribution in [0.15, 0.2) is 22.3 Å². The van der Waals surface area contributed by atoms with Crippen LogP contribution < -0.4 is 0 Å². The van der Waals surface area contributed by atoms with E-state index in [4.69, 9.17) is 25.0 Å². The molecule has 1 unspecified atom stereocenters. The van der Waals surface area contributed by atoms with Gasteiger partial charge in [-0.05, 0) is 46.5 Å². The molecule has 0 amide bonds. The largest absolute Gasteiger partial charge is 0.378 e. The van der Waals surface area contributed by atoms with Crippen LogP contribution in [0.25, 0.3) is 0 Å². The smallest absolute Gasteiger partial charge is 0.294 e. The zero-order valence-electron chi connectivity index (χ0n) is 16.7. The monoisotopic (exact) mass is 402 g/mol. The molecule has 11 nitrogen and oxygen atoms in total. The number of ether oxygens (including phenoxy) is 1. The summed E-state index contributed by atoms with van der Waals surface area (Å²) < 4.78 is 5.56. The highest BCUT2D eigenvalue weighted by atomic mass is 16.9. The third-order valence-corrected chi connectivity index (χ3v) is 4.35. The summed E-state index contributed by atoms with van der Waals surface area (Å²) in [5.41, 5.74) is 2.52. The zero-order valence-corrected chi connectivity index (χ0v) is 16.7. The minimum atomic E-state index is -0.875. The van der Waals surface area contributed by atoms with Gasteiger partial charge in [0, 0.05) is 28.9 Å². The number of hydrogen-bond acceptors (Lipinski definition) is 9. The molecule has 158 valence electrons. The van der Waals surface area contributed by atoms with Crippen LogP contribution in [0.2, 0.25) is 0 Å². The van der Waals surface area contributed by atoms with Gasteiger partial charge in [-0.25, -0.2) is 0 Å². The van der Waals surface area contributed by atoms with E-state index in [9.17, 15) is 9.59 Å². The Morgan fingerprint density at radius 3 is 1.82 bits per heavy atom. The van der Waals surface area contributed by atoms with Crippen LogP contribution in [0.3, 0.4) is 0 Å². The van der Waals surface area contributed by atoms with Crippen LogP contribution in [-0.2, 0) is 24.0 Å². The summed E-state index contributed by atoms with van der Waals surface area (Å²) in [5, 5.41) is 16.2. The Balaban J connectivity index is 0.000000607. The molecule has 1 atom stereocenters. The average Bonchev–Trinajstić information content (AvgIpc) is 3.19. The first-order chi connectivity index (χ1) is 13.1. The van der Waals surface area contributed by atoms with Gasteiger partial charge in [-0.15, -0.1) is 20.2 Å². The van der Waals surface area contributed by atoms with Crippen molar-refractivity contribution >= 4 is 11.6 Å². The van der Waals surface area contributed by atoms with Crippen LogP contribution >= 0.6 is 0 Å². The maximum absolute atomic E-state index is 12.2. The van der Waals surface area contributed by atoms with E-state index in [0.717, 1.165) is 40.1 Å². The normalized spacial score (nSPS) is 18.7. The number of nitrogens with zero attached hydrogens (tertiary/aromatic N) is 2. The van der Waals surface area contributed by atoms with Gasteiger partial charge in [0.05, 0.1) is 20.3 Å². The Labute approximate surface area is 162 Å². The quantitative estimate of drug-likeness (QED) is 0.384. The topological polar surface area (TPSA) is 148 Å². The Bertz CT molecular complexity index is 648. The molecule has 1 aliphatic carbocycles. The SMILES string of the molecule is CC1=C(C)C(=O)C(CCC2CCCO2)=C(C)C1=O.CO[N+](=O)[O-].CO[N+](=O)[O-]. The fourth-order valence-electron chi connectivity index (χ4n) is 2.63. The maximum Gasteiger partial charge on any atom is 0.294 e. The second-order valence-corrected chi connectivity index (χ2v) is 6.00. The summed E-state index contributed by atoms with van der Waals surface area (Å²) in [4.78, 5) is 49.0. The summed E-state index contributed by atoms with van der Waals surface area (Å²) in [5.74, 6) is 0.0667. The Morgan fingerprint density at radius 1 is 0.964 bits per heavy atom. The molecule has 11 heteroatoms. The van der Waals surface area contributed by atoms with Crippen LogP contribution in [0.4, 0.5) is 0 Å². The first-order valence-corrected chi connectivity index (χ1v) is 8.51. The fourth-order valence-corrected chi connectivity index (χ4v) is 2.63. The highest BCUT2D eigenvalue weighted by molar-refractivity contribution is 6.24. The molecule has 0 N–H and O–H groups in total. The van der Waals surface area contributed by atoms with Crippen molar-refractivity contribution in [3.63, 3.8) is 0 Å². The molecule has 0 aromatic carbocycles. The summed E-state index contributed by atoms with van der Waals surface area (Å²) >= 11 is 0. The molecule has 1 fully saturated rings. The summed E-state index contributed by atoms with van der Waals surface area (Å²) in [6.45, 7) is 6.07. The molecule has 28 heavy (non-hydrogen) atoms. The number of carbonyl (C=O) groups excluding carboxylic acids is 2. The predicted molar refractivity (Wildman–Crippen MR) is 97.3 cm³/mol. The number of Topliss-reactive ketones (excluding diaryl/α,β-unsaturated/α-hetero) is 2. The molecule has 1 aliphatic heterocycles. The minimum Gasteiger partial charge on any atom is -0.378 e.